The van der Waals surface area contributed by atoms with Crippen molar-refractivity contribution in [1.29, 1.82) is 0 Å². The lowest BCUT2D eigenvalue weighted by Crippen LogP contribution is -2.02. The number of ketones is 1. The topological polar surface area (TPSA) is 17.1 Å². The van der Waals surface area contributed by atoms with Gasteiger partial charge in [0.1, 0.15) is 0 Å². The van der Waals surface area contributed by atoms with Gasteiger partial charge < -0.3 is 0 Å². The maximum absolute atomic E-state index is 12.1. The number of carbonyl (C=O) groups is 1. The summed E-state index contributed by atoms with van der Waals surface area (Å²) in [6.07, 6.45) is 0. The van der Waals surface area contributed by atoms with Crippen LogP contribution in [-0.2, 0) is 0 Å². The first-order chi connectivity index (χ1) is 8.66. The molecule has 0 unspecified atom stereocenters. The molecule has 0 heterocycles. The number of thioether (sulfide) groups is 1. The van der Waals surface area contributed by atoms with E-state index in [1.54, 1.807) is 11.8 Å². The Hall–Kier alpha value is -0.580. The van der Waals surface area contributed by atoms with Crippen molar-refractivity contribution in [2.24, 2.45) is 0 Å². The third-order valence-electron chi connectivity index (χ3n) is 2.34. The second-order valence-corrected chi connectivity index (χ2v) is 6.47. The molecule has 18 heavy (non-hydrogen) atoms. The molecule has 0 aliphatic rings. The number of hydrogen-bond acceptors (Lipinski definition) is 2. The number of carbonyl (C=O) groups excluding carboxylic acids is 1. The first-order valence-corrected chi connectivity index (χ1v) is 7.90. The second-order valence-electron chi connectivity index (χ2n) is 3.65. The molecule has 2 rings (SSSR count). The first-order valence-electron chi connectivity index (χ1n) is 5.33. The fraction of sp³-hybridized carbons (Fsp3) is 0.0714. The van der Waals surface area contributed by atoms with Crippen molar-refractivity contribution >= 4 is 49.4 Å². The van der Waals surface area contributed by atoms with Crippen LogP contribution in [0.15, 0.2) is 62.4 Å². The first kappa shape index (κ1) is 13.8. The molecule has 0 amide bonds. The largest absolute Gasteiger partial charge is 0.293 e. The molecule has 0 bridgehead atoms. The summed E-state index contributed by atoms with van der Waals surface area (Å²) in [5, 5.41) is 0. The summed E-state index contributed by atoms with van der Waals surface area (Å²) in [6.45, 7) is 0. The number of hydrogen-bond donors (Lipinski definition) is 0. The van der Waals surface area contributed by atoms with Gasteiger partial charge in [-0.15, -0.1) is 11.8 Å². The summed E-state index contributed by atoms with van der Waals surface area (Å²) in [7, 11) is 0. The van der Waals surface area contributed by atoms with Gasteiger partial charge in [0, 0.05) is 19.4 Å². The quantitative estimate of drug-likeness (QED) is 0.532. The van der Waals surface area contributed by atoms with E-state index in [0.29, 0.717) is 5.75 Å². The van der Waals surface area contributed by atoms with Crippen LogP contribution in [0.2, 0.25) is 0 Å². The fourth-order valence-corrected chi connectivity index (χ4v) is 3.37. The Morgan fingerprint density at radius 1 is 1.06 bits per heavy atom. The summed E-state index contributed by atoms with van der Waals surface area (Å²) < 4.78 is 1.88. The van der Waals surface area contributed by atoms with Crippen molar-refractivity contribution in [2.45, 2.75) is 4.90 Å². The highest BCUT2D eigenvalue weighted by Gasteiger charge is 2.09. The van der Waals surface area contributed by atoms with E-state index in [-0.39, 0.29) is 5.78 Å². The van der Waals surface area contributed by atoms with Crippen molar-refractivity contribution in [1.82, 2.24) is 0 Å². The number of halogens is 2. The normalized spacial score (nSPS) is 10.3. The number of rotatable bonds is 4. The predicted molar refractivity (Wildman–Crippen MR) is 83.3 cm³/mol. The molecule has 92 valence electrons. The molecule has 0 N–H and O–H groups in total. The number of Topliss-reactive ketones (excluding diaryl/α,β-unsaturated/α-hetero) is 1. The average molecular weight is 386 g/mol. The van der Waals surface area contributed by atoms with E-state index >= 15 is 0 Å². The zero-order valence-electron chi connectivity index (χ0n) is 9.40. The molecule has 1 nitrogen and oxygen atoms in total. The molecule has 0 fully saturated rings. The minimum Gasteiger partial charge on any atom is -0.293 e. The Kier molecular flexibility index (Phi) is 5.03. The zero-order chi connectivity index (χ0) is 13.0. The van der Waals surface area contributed by atoms with Crippen LogP contribution in [0, 0.1) is 0 Å². The smallest absolute Gasteiger partial charge is 0.174 e. The summed E-state index contributed by atoms with van der Waals surface area (Å²) in [5.41, 5.74) is 0.736. The van der Waals surface area contributed by atoms with Crippen molar-refractivity contribution in [3.05, 3.63) is 63.0 Å². The Morgan fingerprint density at radius 2 is 1.83 bits per heavy atom. The van der Waals surface area contributed by atoms with Crippen LogP contribution >= 0.6 is 43.6 Å². The van der Waals surface area contributed by atoms with Crippen molar-refractivity contribution < 1.29 is 4.79 Å². The van der Waals surface area contributed by atoms with E-state index in [1.165, 1.54) is 0 Å². The number of benzene rings is 2. The zero-order valence-corrected chi connectivity index (χ0v) is 13.4. The van der Waals surface area contributed by atoms with Crippen molar-refractivity contribution in [2.75, 3.05) is 5.75 Å². The van der Waals surface area contributed by atoms with E-state index < -0.39 is 0 Å². The van der Waals surface area contributed by atoms with Crippen LogP contribution in [0.4, 0.5) is 0 Å². The van der Waals surface area contributed by atoms with Gasteiger partial charge in [-0.05, 0) is 24.3 Å². The third kappa shape index (κ3) is 3.70. The van der Waals surface area contributed by atoms with E-state index in [9.17, 15) is 4.79 Å². The highest BCUT2D eigenvalue weighted by atomic mass is 79.9. The lowest BCUT2D eigenvalue weighted by molar-refractivity contribution is 0.102. The summed E-state index contributed by atoms with van der Waals surface area (Å²) >= 11 is 8.36. The molecular formula is C14H10Br2OS. The minimum absolute atomic E-state index is 0.132. The maximum atomic E-state index is 12.1. The van der Waals surface area contributed by atoms with Crippen LogP contribution in [0.5, 0.6) is 0 Å². The molecule has 0 radical (unpaired) electrons. The molecule has 4 heteroatoms. The maximum Gasteiger partial charge on any atom is 0.174 e. The van der Waals surface area contributed by atoms with Gasteiger partial charge in [0.15, 0.2) is 5.78 Å². The molecule has 0 aliphatic heterocycles. The molecule has 0 aromatic heterocycles. The van der Waals surface area contributed by atoms with E-state index in [2.05, 4.69) is 31.9 Å². The van der Waals surface area contributed by atoms with Crippen molar-refractivity contribution in [3.8, 4) is 0 Å². The highest BCUT2D eigenvalue weighted by molar-refractivity contribution is 9.10. The standard InChI is InChI=1S/C14H10Br2OS/c15-10-4-3-5-11(8-10)18-9-14(17)12-6-1-2-7-13(12)16/h1-8H,9H2. The minimum atomic E-state index is 0.132. The third-order valence-corrected chi connectivity index (χ3v) is 4.52. The van der Waals surface area contributed by atoms with Gasteiger partial charge in [-0.2, -0.15) is 0 Å². The Bertz CT molecular complexity index is 569. The van der Waals surface area contributed by atoms with Gasteiger partial charge in [-0.3, -0.25) is 4.79 Å². The Balaban J connectivity index is 2.03. The molecule has 0 aliphatic carbocycles. The molecular weight excluding hydrogens is 376 g/mol. The van der Waals surface area contributed by atoms with Gasteiger partial charge >= 0.3 is 0 Å². The van der Waals surface area contributed by atoms with Gasteiger partial charge in [0.2, 0.25) is 0 Å². The molecule has 0 spiro atoms. The van der Waals surface area contributed by atoms with Crippen LogP contribution < -0.4 is 0 Å². The predicted octanol–water partition coefficient (Wildman–Crippen LogP) is 5.19. The van der Waals surface area contributed by atoms with Gasteiger partial charge in [-0.1, -0.05) is 56.1 Å². The highest BCUT2D eigenvalue weighted by Crippen LogP contribution is 2.24. The molecule has 0 saturated heterocycles. The lowest BCUT2D eigenvalue weighted by Gasteiger charge is -2.04. The SMILES string of the molecule is O=C(CSc1cccc(Br)c1)c1ccccc1Br. The van der Waals surface area contributed by atoms with Gasteiger partial charge in [0.25, 0.3) is 0 Å². The summed E-state index contributed by atoms with van der Waals surface area (Å²) in [4.78, 5) is 13.1. The van der Waals surface area contributed by atoms with E-state index in [1.807, 2.05) is 48.5 Å². The van der Waals surface area contributed by atoms with Crippen LogP contribution in [0.25, 0.3) is 0 Å². The van der Waals surface area contributed by atoms with E-state index in [4.69, 9.17) is 0 Å². The molecule has 2 aromatic rings. The summed E-state index contributed by atoms with van der Waals surface area (Å²) in [6, 6.07) is 15.5. The Morgan fingerprint density at radius 3 is 2.56 bits per heavy atom. The molecule has 0 saturated carbocycles. The Labute approximate surface area is 127 Å². The molecule has 2 aromatic carbocycles. The van der Waals surface area contributed by atoms with Crippen molar-refractivity contribution in [3.63, 3.8) is 0 Å². The van der Waals surface area contributed by atoms with Gasteiger partial charge in [-0.25, -0.2) is 0 Å². The molecule has 0 atom stereocenters. The fourth-order valence-electron chi connectivity index (χ4n) is 1.47. The average Bonchev–Trinajstić information content (AvgIpc) is 2.37. The summed E-state index contributed by atoms with van der Waals surface area (Å²) in [5.74, 6) is 0.575. The van der Waals surface area contributed by atoms with E-state index in [0.717, 1.165) is 19.4 Å². The van der Waals surface area contributed by atoms with Gasteiger partial charge in [0.05, 0.1) is 5.75 Å². The van der Waals surface area contributed by atoms with Crippen LogP contribution in [-0.4, -0.2) is 11.5 Å². The second kappa shape index (κ2) is 6.55. The van der Waals surface area contributed by atoms with Crippen LogP contribution in [0.1, 0.15) is 10.4 Å². The monoisotopic (exact) mass is 384 g/mol. The van der Waals surface area contributed by atoms with Crippen LogP contribution in [0.3, 0.4) is 0 Å². The lowest BCUT2D eigenvalue weighted by atomic mass is 10.1.